The first-order chi connectivity index (χ1) is 8.24. The molecular formula is C15H32N2. The zero-order chi connectivity index (χ0) is 12.5. The van der Waals surface area contributed by atoms with Gasteiger partial charge in [0.25, 0.3) is 0 Å². The number of nitrogens with one attached hydrogen (secondary N) is 1. The van der Waals surface area contributed by atoms with Gasteiger partial charge in [0.05, 0.1) is 0 Å². The van der Waals surface area contributed by atoms with Gasteiger partial charge in [-0.05, 0) is 45.7 Å². The fourth-order valence-corrected chi connectivity index (χ4v) is 2.81. The second-order valence-electron chi connectivity index (χ2n) is 5.83. The van der Waals surface area contributed by atoms with Crippen LogP contribution in [-0.4, -0.2) is 37.6 Å². The molecule has 0 radical (unpaired) electrons. The molecule has 2 nitrogen and oxygen atoms in total. The molecule has 1 atom stereocenters. The molecule has 102 valence electrons. The Morgan fingerprint density at radius 2 is 1.94 bits per heavy atom. The third kappa shape index (κ3) is 6.42. The molecule has 0 amide bonds. The van der Waals surface area contributed by atoms with Crippen molar-refractivity contribution in [3.05, 3.63) is 0 Å². The molecule has 0 saturated heterocycles. The van der Waals surface area contributed by atoms with Gasteiger partial charge in [-0.3, -0.25) is 0 Å². The fourth-order valence-electron chi connectivity index (χ4n) is 2.81. The van der Waals surface area contributed by atoms with Gasteiger partial charge in [-0.2, -0.15) is 0 Å². The number of hydrogen-bond acceptors (Lipinski definition) is 2. The minimum absolute atomic E-state index is 0.733. The topological polar surface area (TPSA) is 15.3 Å². The predicted octanol–water partition coefficient (Wildman–Crippen LogP) is 3.28. The lowest BCUT2D eigenvalue weighted by molar-refractivity contribution is 0.240. The van der Waals surface area contributed by atoms with Crippen molar-refractivity contribution in [1.82, 2.24) is 10.2 Å². The molecule has 0 heterocycles. The van der Waals surface area contributed by atoms with E-state index in [0.29, 0.717) is 0 Å². The zero-order valence-corrected chi connectivity index (χ0v) is 12.2. The molecule has 0 aromatic carbocycles. The van der Waals surface area contributed by atoms with E-state index < -0.39 is 0 Å². The highest BCUT2D eigenvalue weighted by Crippen LogP contribution is 2.22. The summed E-state index contributed by atoms with van der Waals surface area (Å²) in [5.41, 5.74) is 0. The summed E-state index contributed by atoms with van der Waals surface area (Å²) in [6, 6.07) is 0.733. The minimum atomic E-state index is 0.733. The standard InChI is InChI=1S/C15H32N2/c1-4-8-14(2)17(3)12-11-16-13-15-9-6-5-7-10-15/h14-16H,4-13H2,1-3H3. The normalized spacial score (nSPS) is 19.8. The zero-order valence-electron chi connectivity index (χ0n) is 12.2. The third-order valence-corrected chi connectivity index (χ3v) is 4.26. The van der Waals surface area contributed by atoms with Gasteiger partial charge in [0, 0.05) is 19.1 Å². The highest BCUT2D eigenvalue weighted by Gasteiger charge is 2.13. The molecular weight excluding hydrogens is 208 g/mol. The monoisotopic (exact) mass is 240 g/mol. The van der Waals surface area contributed by atoms with Crippen LogP contribution in [0.2, 0.25) is 0 Å². The summed E-state index contributed by atoms with van der Waals surface area (Å²) in [6.07, 6.45) is 9.90. The average Bonchev–Trinajstić information content (AvgIpc) is 2.36. The molecule has 1 fully saturated rings. The Hall–Kier alpha value is -0.0800. The average molecular weight is 240 g/mol. The van der Waals surface area contributed by atoms with Crippen LogP contribution in [0.1, 0.15) is 58.8 Å². The summed E-state index contributed by atoms with van der Waals surface area (Å²) in [6.45, 7) is 8.20. The first kappa shape index (κ1) is 15.0. The minimum Gasteiger partial charge on any atom is -0.315 e. The first-order valence-electron chi connectivity index (χ1n) is 7.65. The van der Waals surface area contributed by atoms with Crippen LogP contribution in [0, 0.1) is 5.92 Å². The molecule has 0 spiro atoms. The summed E-state index contributed by atoms with van der Waals surface area (Å²) >= 11 is 0. The molecule has 2 heteroatoms. The summed E-state index contributed by atoms with van der Waals surface area (Å²) in [5, 5.41) is 3.64. The van der Waals surface area contributed by atoms with Crippen molar-refractivity contribution in [2.75, 3.05) is 26.7 Å². The SMILES string of the molecule is CCCC(C)N(C)CCNCC1CCCCC1. The molecule has 1 aliphatic carbocycles. The Bertz CT molecular complexity index is 176. The molecule has 17 heavy (non-hydrogen) atoms. The molecule has 1 unspecified atom stereocenters. The van der Waals surface area contributed by atoms with E-state index in [1.165, 1.54) is 58.0 Å². The molecule has 0 aromatic heterocycles. The summed E-state index contributed by atoms with van der Waals surface area (Å²) in [5.74, 6) is 0.960. The van der Waals surface area contributed by atoms with Crippen LogP contribution in [0.15, 0.2) is 0 Å². The van der Waals surface area contributed by atoms with Crippen molar-refractivity contribution in [2.45, 2.75) is 64.8 Å². The molecule has 1 N–H and O–H groups in total. The maximum atomic E-state index is 3.64. The van der Waals surface area contributed by atoms with Crippen LogP contribution in [0.5, 0.6) is 0 Å². The molecule has 0 aliphatic heterocycles. The van der Waals surface area contributed by atoms with Gasteiger partial charge in [-0.25, -0.2) is 0 Å². The van der Waals surface area contributed by atoms with Gasteiger partial charge in [0.1, 0.15) is 0 Å². The van der Waals surface area contributed by atoms with Gasteiger partial charge in [-0.15, -0.1) is 0 Å². The largest absolute Gasteiger partial charge is 0.315 e. The van der Waals surface area contributed by atoms with Crippen molar-refractivity contribution in [2.24, 2.45) is 5.92 Å². The second-order valence-corrected chi connectivity index (χ2v) is 5.83. The van der Waals surface area contributed by atoms with Crippen molar-refractivity contribution >= 4 is 0 Å². The summed E-state index contributed by atoms with van der Waals surface area (Å²) in [7, 11) is 2.25. The van der Waals surface area contributed by atoms with Crippen LogP contribution in [0.3, 0.4) is 0 Å². The summed E-state index contributed by atoms with van der Waals surface area (Å²) in [4.78, 5) is 2.48. The van der Waals surface area contributed by atoms with Gasteiger partial charge in [-0.1, -0.05) is 32.6 Å². The van der Waals surface area contributed by atoms with Gasteiger partial charge in [0.15, 0.2) is 0 Å². The molecule has 1 saturated carbocycles. The lowest BCUT2D eigenvalue weighted by atomic mass is 9.89. The van der Waals surface area contributed by atoms with Crippen LogP contribution in [-0.2, 0) is 0 Å². The van der Waals surface area contributed by atoms with E-state index in [1.54, 1.807) is 0 Å². The second kappa shape index (κ2) is 8.93. The molecule has 1 aliphatic rings. The van der Waals surface area contributed by atoms with E-state index in [2.05, 4.69) is 31.1 Å². The van der Waals surface area contributed by atoms with Crippen molar-refractivity contribution < 1.29 is 0 Å². The van der Waals surface area contributed by atoms with E-state index in [-0.39, 0.29) is 0 Å². The molecule has 1 rings (SSSR count). The van der Waals surface area contributed by atoms with Gasteiger partial charge in [0.2, 0.25) is 0 Å². The number of rotatable bonds is 8. The maximum absolute atomic E-state index is 3.64. The Morgan fingerprint density at radius 1 is 1.24 bits per heavy atom. The van der Waals surface area contributed by atoms with Crippen molar-refractivity contribution in [1.29, 1.82) is 0 Å². The van der Waals surface area contributed by atoms with Crippen molar-refractivity contribution in [3.63, 3.8) is 0 Å². The quantitative estimate of drug-likeness (QED) is 0.655. The smallest absolute Gasteiger partial charge is 0.0107 e. The lowest BCUT2D eigenvalue weighted by Gasteiger charge is -2.26. The Labute approximate surface area is 108 Å². The van der Waals surface area contributed by atoms with Gasteiger partial charge < -0.3 is 10.2 Å². The van der Waals surface area contributed by atoms with Crippen LogP contribution < -0.4 is 5.32 Å². The number of hydrogen-bond donors (Lipinski definition) is 1. The highest BCUT2D eigenvalue weighted by molar-refractivity contribution is 4.69. The van der Waals surface area contributed by atoms with E-state index in [1.807, 2.05) is 0 Å². The third-order valence-electron chi connectivity index (χ3n) is 4.26. The fraction of sp³-hybridized carbons (Fsp3) is 1.00. The first-order valence-corrected chi connectivity index (χ1v) is 7.65. The van der Waals surface area contributed by atoms with Crippen LogP contribution in [0.25, 0.3) is 0 Å². The van der Waals surface area contributed by atoms with E-state index >= 15 is 0 Å². The van der Waals surface area contributed by atoms with E-state index in [9.17, 15) is 0 Å². The van der Waals surface area contributed by atoms with Crippen molar-refractivity contribution in [3.8, 4) is 0 Å². The maximum Gasteiger partial charge on any atom is 0.0107 e. The molecule has 0 bridgehead atoms. The Kier molecular flexibility index (Phi) is 7.87. The predicted molar refractivity (Wildman–Crippen MR) is 76.4 cm³/mol. The Morgan fingerprint density at radius 3 is 2.59 bits per heavy atom. The van der Waals surface area contributed by atoms with E-state index in [0.717, 1.165) is 18.5 Å². The van der Waals surface area contributed by atoms with Crippen LogP contribution >= 0.6 is 0 Å². The Balaban J connectivity index is 1.99. The lowest BCUT2D eigenvalue weighted by Crippen LogP contribution is -2.36. The highest BCUT2D eigenvalue weighted by atomic mass is 15.1. The van der Waals surface area contributed by atoms with Gasteiger partial charge >= 0.3 is 0 Å². The van der Waals surface area contributed by atoms with E-state index in [4.69, 9.17) is 0 Å². The number of likely N-dealkylation sites (N-methyl/N-ethyl adjacent to an activating group) is 1. The van der Waals surface area contributed by atoms with Crippen LogP contribution in [0.4, 0.5) is 0 Å². The number of nitrogens with zero attached hydrogens (tertiary/aromatic N) is 1. The summed E-state index contributed by atoms with van der Waals surface area (Å²) < 4.78 is 0. The molecule has 0 aromatic rings.